The molecule has 0 saturated heterocycles. The number of halogens is 3. The summed E-state index contributed by atoms with van der Waals surface area (Å²) in [6.07, 6.45) is -4.80. The Balaban J connectivity index is 2.19. The van der Waals surface area contributed by atoms with Gasteiger partial charge in [-0.25, -0.2) is 4.79 Å². The zero-order valence-corrected chi connectivity index (χ0v) is 11.5. The second-order valence-electron chi connectivity index (χ2n) is 4.77. The molecule has 0 fully saturated rings. The van der Waals surface area contributed by atoms with Crippen molar-refractivity contribution in [1.82, 2.24) is 4.57 Å². The molecule has 0 unspecified atom stereocenters. The maximum atomic E-state index is 12.3. The lowest BCUT2D eigenvalue weighted by atomic mass is 10.2. The minimum absolute atomic E-state index is 0.0460. The monoisotopic (exact) mass is 321 g/mol. The predicted molar refractivity (Wildman–Crippen MR) is 76.9 cm³/mol. The molecular weight excluding hydrogens is 311 g/mol. The van der Waals surface area contributed by atoms with Crippen LogP contribution in [-0.2, 0) is 0 Å². The summed E-state index contributed by atoms with van der Waals surface area (Å²) < 4.78 is 42.2. The summed E-state index contributed by atoms with van der Waals surface area (Å²) in [5.41, 5.74) is 1.03. The lowest BCUT2D eigenvalue weighted by molar-refractivity contribution is -0.274. The number of carbonyl (C=O) groups is 1. The molecule has 0 atom stereocenters. The molecular formula is C16H10F3NO3. The van der Waals surface area contributed by atoms with Crippen LogP contribution in [0.3, 0.4) is 0 Å². The smallest absolute Gasteiger partial charge is 0.477 e. The molecule has 1 aromatic heterocycles. The first-order chi connectivity index (χ1) is 10.8. The molecule has 4 nitrogen and oxygen atoms in total. The lowest BCUT2D eigenvalue weighted by Crippen LogP contribution is -2.16. The Morgan fingerprint density at radius 3 is 2.35 bits per heavy atom. The van der Waals surface area contributed by atoms with E-state index in [0.29, 0.717) is 16.6 Å². The topological polar surface area (TPSA) is 51.5 Å². The Kier molecular flexibility index (Phi) is 3.48. The Bertz CT molecular complexity index is 869. The van der Waals surface area contributed by atoms with Crippen LogP contribution in [0.1, 0.15) is 10.5 Å². The molecule has 23 heavy (non-hydrogen) atoms. The number of hydrogen-bond acceptors (Lipinski definition) is 2. The Labute approximate surface area is 128 Å². The Morgan fingerprint density at radius 2 is 1.74 bits per heavy atom. The summed E-state index contributed by atoms with van der Waals surface area (Å²) in [6.45, 7) is 0. The van der Waals surface area contributed by atoms with Gasteiger partial charge in [0.05, 0.1) is 5.52 Å². The fraction of sp³-hybridized carbons (Fsp3) is 0.0625. The largest absolute Gasteiger partial charge is 0.573 e. The van der Waals surface area contributed by atoms with Crippen LogP contribution in [0.2, 0.25) is 0 Å². The molecule has 7 heteroatoms. The number of carboxylic acid groups (broad SMARTS) is 1. The highest BCUT2D eigenvalue weighted by molar-refractivity contribution is 5.96. The second kappa shape index (κ2) is 5.35. The van der Waals surface area contributed by atoms with Crippen molar-refractivity contribution >= 4 is 16.9 Å². The first-order valence-electron chi connectivity index (χ1n) is 6.55. The molecule has 0 amide bonds. The molecule has 0 aliphatic heterocycles. The van der Waals surface area contributed by atoms with Crippen LogP contribution in [0.4, 0.5) is 13.2 Å². The van der Waals surface area contributed by atoms with E-state index >= 15 is 0 Å². The third-order valence-electron chi connectivity index (χ3n) is 3.24. The maximum Gasteiger partial charge on any atom is 0.573 e. The van der Waals surface area contributed by atoms with Gasteiger partial charge in [-0.3, -0.25) is 0 Å². The third-order valence-corrected chi connectivity index (χ3v) is 3.24. The van der Waals surface area contributed by atoms with E-state index in [-0.39, 0.29) is 5.69 Å². The van der Waals surface area contributed by atoms with Crippen LogP contribution in [0, 0.1) is 0 Å². The van der Waals surface area contributed by atoms with Crippen molar-refractivity contribution in [1.29, 1.82) is 0 Å². The summed E-state index contributed by atoms with van der Waals surface area (Å²) in [5, 5.41) is 9.69. The van der Waals surface area contributed by atoms with Crippen LogP contribution >= 0.6 is 0 Å². The molecule has 1 N–H and O–H groups in total. The number of nitrogens with zero attached hydrogens (tertiary/aromatic N) is 1. The maximum absolute atomic E-state index is 12.3. The number of rotatable bonds is 3. The summed E-state index contributed by atoms with van der Waals surface area (Å²) in [6, 6.07) is 13.7. The van der Waals surface area contributed by atoms with Crippen molar-refractivity contribution in [3.05, 3.63) is 60.3 Å². The molecule has 0 saturated carbocycles. The van der Waals surface area contributed by atoms with E-state index in [1.165, 1.54) is 16.7 Å². The highest BCUT2D eigenvalue weighted by atomic mass is 19.4. The van der Waals surface area contributed by atoms with Gasteiger partial charge in [-0.2, -0.15) is 0 Å². The third kappa shape index (κ3) is 2.98. The molecule has 3 aromatic rings. The fourth-order valence-electron chi connectivity index (χ4n) is 2.40. The van der Waals surface area contributed by atoms with Gasteiger partial charge in [-0.05, 0) is 36.4 Å². The first-order valence-corrected chi connectivity index (χ1v) is 6.55. The number of carboxylic acids is 1. The number of aromatic carboxylic acids is 1. The minimum atomic E-state index is -4.80. The van der Waals surface area contributed by atoms with Gasteiger partial charge in [0.15, 0.2) is 0 Å². The van der Waals surface area contributed by atoms with Gasteiger partial charge in [0, 0.05) is 11.1 Å². The van der Waals surface area contributed by atoms with Crippen molar-refractivity contribution in [2.75, 3.05) is 0 Å². The summed E-state index contributed by atoms with van der Waals surface area (Å²) >= 11 is 0. The zero-order valence-electron chi connectivity index (χ0n) is 11.5. The standard InChI is InChI=1S/C16H10F3NO3/c17-16(18,19)23-12-6-7-13-10(8-12)9-14(15(21)22)20(13)11-4-2-1-3-5-11/h1-9H,(H,21,22). The van der Waals surface area contributed by atoms with E-state index < -0.39 is 18.1 Å². The second-order valence-corrected chi connectivity index (χ2v) is 4.77. The van der Waals surface area contributed by atoms with Crippen molar-refractivity contribution in [2.24, 2.45) is 0 Å². The van der Waals surface area contributed by atoms with E-state index in [9.17, 15) is 23.1 Å². The van der Waals surface area contributed by atoms with Gasteiger partial charge in [-0.1, -0.05) is 18.2 Å². The highest BCUT2D eigenvalue weighted by Crippen LogP contribution is 2.30. The van der Waals surface area contributed by atoms with E-state index in [1.807, 2.05) is 0 Å². The number of hydrogen-bond donors (Lipinski definition) is 1. The molecule has 0 radical (unpaired) electrons. The van der Waals surface area contributed by atoms with E-state index in [1.54, 1.807) is 30.3 Å². The number of aromatic nitrogens is 1. The van der Waals surface area contributed by atoms with Gasteiger partial charge < -0.3 is 14.4 Å². The van der Waals surface area contributed by atoms with Crippen molar-refractivity contribution in [3.63, 3.8) is 0 Å². The predicted octanol–water partition coefficient (Wildman–Crippen LogP) is 4.23. The van der Waals surface area contributed by atoms with Crippen LogP contribution < -0.4 is 4.74 Å². The van der Waals surface area contributed by atoms with Crippen LogP contribution in [-0.4, -0.2) is 22.0 Å². The number of alkyl halides is 3. The van der Waals surface area contributed by atoms with Gasteiger partial charge in [0.2, 0.25) is 0 Å². The normalized spacial score (nSPS) is 11.6. The van der Waals surface area contributed by atoms with E-state index in [4.69, 9.17) is 0 Å². The molecule has 1 heterocycles. The molecule has 0 aliphatic rings. The average Bonchev–Trinajstić information content (AvgIpc) is 2.85. The summed E-state index contributed by atoms with van der Waals surface area (Å²) in [5.74, 6) is -1.57. The average molecular weight is 321 g/mol. The number of benzene rings is 2. The highest BCUT2D eigenvalue weighted by Gasteiger charge is 2.31. The van der Waals surface area contributed by atoms with Crippen LogP contribution in [0.25, 0.3) is 16.6 Å². The SMILES string of the molecule is O=C(O)c1cc2cc(OC(F)(F)F)ccc2n1-c1ccccc1. The molecule has 0 spiro atoms. The molecule has 0 bridgehead atoms. The molecule has 3 rings (SSSR count). The molecule has 0 aliphatic carbocycles. The Morgan fingerprint density at radius 1 is 1.04 bits per heavy atom. The zero-order chi connectivity index (χ0) is 16.6. The van der Waals surface area contributed by atoms with Crippen LogP contribution in [0.15, 0.2) is 54.6 Å². The molecule has 118 valence electrons. The van der Waals surface area contributed by atoms with Crippen molar-refractivity contribution in [3.8, 4) is 11.4 Å². The van der Waals surface area contributed by atoms with Crippen LogP contribution in [0.5, 0.6) is 5.75 Å². The summed E-state index contributed by atoms with van der Waals surface area (Å²) in [7, 11) is 0. The number of ether oxygens (including phenoxy) is 1. The van der Waals surface area contributed by atoms with E-state index in [2.05, 4.69) is 4.74 Å². The number of fused-ring (bicyclic) bond motifs is 1. The summed E-state index contributed by atoms with van der Waals surface area (Å²) in [4.78, 5) is 11.4. The number of para-hydroxylation sites is 1. The van der Waals surface area contributed by atoms with Gasteiger partial charge >= 0.3 is 12.3 Å². The molecule has 2 aromatic carbocycles. The first kappa shape index (κ1) is 15.0. The van der Waals surface area contributed by atoms with Gasteiger partial charge in [0.25, 0.3) is 0 Å². The van der Waals surface area contributed by atoms with Crippen molar-refractivity contribution < 1.29 is 27.8 Å². The fourth-order valence-corrected chi connectivity index (χ4v) is 2.40. The minimum Gasteiger partial charge on any atom is -0.477 e. The van der Waals surface area contributed by atoms with Gasteiger partial charge in [0.1, 0.15) is 11.4 Å². The van der Waals surface area contributed by atoms with E-state index in [0.717, 1.165) is 12.1 Å². The Hall–Kier alpha value is -2.96. The van der Waals surface area contributed by atoms with Gasteiger partial charge in [-0.15, -0.1) is 13.2 Å². The quantitative estimate of drug-likeness (QED) is 0.785. The van der Waals surface area contributed by atoms with Crippen molar-refractivity contribution in [2.45, 2.75) is 6.36 Å². The lowest BCUT2D eigenvalue weighted by Gasteiger charge is -2.10.